The number of rotatable bonds is 4. The lowest BCUT2D eigenvalue weighted by Gasteiger charge is -2.18. The van der Waals surface area contributed by atoms with Gasteiger partial charge in [0.05, 0.1) is 6.04 Å². The van der Waals surface area contributed by atoms with Gasteiger partial charge in [0.2, 0.25) is 0 Å². The van der Waals surface area contributed by atoms with Crippen LogP contribution in [0.25, 0.3) is 0 Å². The van der Waals surface area contributed by atoms with Crippen LogP contribution in [0.15, 0.2) is 42.5 Å². The molecule has 0 fully saturated rings. The van der Waals surface area contributed by atoms with Crippen molar-refractivity contribution in [1.82, 2.24) is 5.43 Å². The van der Waals surface area contributed by atoms with Gasteiger partial charge in [-0.15, -0.1) is 0 Å². The summed E-state index contributed by atoms with van der Waals surface area (Å²) in [6.45, 7) is 2.04. The molecule has 2 nitrogen and oxygen atoms in total. The van der Waals surface area contributed by atoms with E-state index in [4.69, 9.17) is 17.4 Å². The lowest BCUT2D eigenvalue weighted by Crippen LogP contribution is -2.29. The third kappa shape index (κ3) is 3.53. The molecule has 0 aliphatic rings. The first kappa shape index (κ1) is 14.0. The molecule has 4 heteroatoms. The van der Waals surface area contributed by atoms with Crippen molar-refractivity contribution in [3.05, 3.63) is 70.0 Å². The predicted octanol–water partition coefficient (Wildman–Crippen LogP) is 3.53. The highest BCUT2D eigenvalue weighted by molar-refractivity contribution is 6.31. The van der Waals surface area contributed by atoms with Crippen LogP contribution in [0.1, 0.15) is 22.7 Å². The topological polar surface area (TPSA) is 38.0 Å². The summed E-state index contributed by atoms with van der Waals surface area (Å²) in [5.41, 5.74) is 5.89. The molecule has 0 aliphatic carbocycles. The maximum Gasteiger partial charge on any atom is 0.124 e. The second kappa shape index (κ2) is 6.15. The first-order chi connectivity index (χ1) is 9.10. The van der Waals surface area contributed by atoms with Crippen LogP contribution in [-0.4, -0.2) is 0 Å². The number of nitrogens with one attached hydrogen (secondary N) is 1. The summed E-state index contributed by atoms with van der Waals surface area (Å²) in [7, 11) is 0. The monoisotopic (exact) mass is 278 g/mol. The summed E-state index contributed by atoms with van der Waals surface area (Å²) in [6.07, 6.45) is 0.698. The SMILES string of the molecule is Cc1cccc(CC(NN)c2ccc(F)cc2Cl)c1. The summed E-state index contributed by atoms with van der Waals surface area (Å²) in [5, 5.41) is 0.385. The normalized spacial score (nSPS) is 12.4. The van der Waals surface area contributed by atoms with Gasteiger partial charge in [-0.1, -0.05) is 47.5 Å². The van der Waals surface area contributed by atoms with Gasteiger partial charge in [-0.3, -0.25) is 11.3 Å². The van der Waals surface area contributed by atoms with Gasteiger partial charge >= 0.3 is 0 Å². The zero-order valence-electron chi connectivity index (χ0n) is 10.7. The fourth-order valence-electron chi connectivity index (χ4n) is 2.12. The van der Waals surface area contributed by atoms with Gasteiger partial charge in [-0.25, -0.2) is 4.39 Å². The number of hydrogen-bond acceptors (Lipinski definition) is 2. The summed E-state index contributed by atoms with van der Waals surface area (Å²) >= 11 is 6.06. The Labute approximate surface area is 117 Å². The second-order valence-electron chi connectivity index (χ2n) is 4.58. The molecule has 0 heterocycles. The first-order valence-corrected chi connectivity index (χ1v) is 6.44. The van der Waals surface area contributed by atoms with E-state index in [0.29, 0.717) is 11.4 Å². The average molecular weight is 279 g/mol. The second-order valence-corrected chi connectivity index (χ2v) is 4.99. The molecular weight excluding hydrogens is 263 g/mol. The Morgan fingerprint density at radius 1 is 1.26 bits per heavy atom. The van der Waals surface area contributed by atoms with E-state index in [9.17, 15) is 4.39 Å². The quantitative estimate of drug-likeness (QED) is 0.663. The van der Waals surface area contributed by atoms with Crippen molar-refractivity contribution in [2.75, 3.05) is 0 Å². The van der Waals surface area contributed by atoms with Crippen molar-refractivity contribution in [1.29, 1.82) is 0 Å². The minimum atomic E-state index is -0.347. The Morgan fingerprint density at radius 3 is 2.68 bits per heavy atom. The van der Waals surface area contributed by atoms with Crippen molar-refractivity contribution in [2.45, 2.75) is 19.4 Å². The smallest absolute Gasteiger partial charge is 0.124 e. The largest absolute Gasteiger partial charge is 0.271 e. The van der Waals surface area contributed by atoms with Gasteiger partial charge in [0, 0.05) is 5.02 Å². The molecule has 0 aromatic heterocycles. The van der Waals surface area contributed by atoms with Crippen LogP contribution in [-0.2, 0) is 6.42 Å². The molecule has 2 rings (SSSR count). The number of halogens is 2. The van der Waals surface area contributed by atoms with Crippen LogP contribution in [0.3, 0.4) is 0 Å². The minimum absolute atomic E-state index is 0.144. The van der Waals surface area contributed by atoms with Gasteiger partial charge < -0.3 is 0 Å². The van der Waals surface area contributed by atoms with E-state index in [2.05, 4.69) is 11.5 Å². The average Bonchev–Trinajstić information content (AvgIpc) is 2.37. The van der Waals surface area contributed by atoms with Crippen LogP contribution in [0.4, 0.5) is 4.39 Å². The van der Waals surface area contributed by atoms with E-state index in [1.54, 1.807) is 6.07 Å². The molecule has 1 unspecified atom stereocenters. The summed E-state index contributed by atoms with van der Waals surface area (Å²) < 4.78 is 13.1. The molecule has 0 aliphatic heterocycles. The van der Waals surface area contributed by atoms with E-state index in [-0.39, 0.29) is 11.9 Å². The third-order valence-electron chi connectivity index (χ3n) is 3.06. The molecule has 0 saturated carbocycles. The van der Waals surface area contributed by atoms with Crippen LogP contribution in [0.2, 0.25) is 5.02 Å². The highest BCUT2D eigenvalue weighted by Gasteiger charge is 2.14. The molecule has 0 saturated heterocycles. The highest BCUT2D eigenvalue weighted by Crippen LogP contribution is 2.26. The number of hydrogen-bond donors (Lipinski definition) is 2. The summed E-state index contributed by atoms with van der Waals surface area (Å²) in [6, 6.07) is 12.4. The molecule has 3 N–H and O–H groups in total. The molecule has 0 radical (unpaired) electrons. The fourth-order valence-corrected chi connectivity index (χ4v) is 2.42. The van der Waals surface area contributed by atoms with Crippen molar-refractivity contribution >= 4 is 11.6 Å². The molecule has 19 heavy (non-hydrogen) atoms. The van der Waals surface area contributed by atoms with Crippen molar-refractivity contribution in [3.8, 4) is 0 Å². The standard InChI is InChI=1S/C15H16ClFN2/c1-10-3-2-4-11(7-10)8-15(19-18)13-6-5-12(17)9-14(13)16/h2-7,9,15,19H,8,18H2,1H3. The number of hydrazine groups is 1. The van der Waals surface area contributed by atoms with Gasteiger partial charge in [0.15, 0.2) is 0 Å². The third-order valence-corrected chi connectivity index (χ3v) is 3.39. The van der Waals surface area contributed by atoms with Crippen molar-refractivity contribution in [2.24, 2.45) is 5.84 Å². The molecule has 0 spiro atoms. The Morgan fingerprint density at radius 2 is 2.05 bits per heavy atom. The zero-order valence-corrected chi connectivity index (χ0v) is 11.4. The summed E-state index contributed by atoms with van der Waals surface area (Å²) in [4.78, 5) is 0. The van der Waals surface area contributed by atoms with Gasteiger partial charge in [0.25, 0.3) is 0 Å². The highest BCUT2D eigenvalue weighted by atomic mass is 35.5. The lowest BCUT2D eigenvalue weighted by molar-refractivity contribution is 0.549. The number of benzene rings is 2. The van der Waals surface area contributed by atoms with Crippen LogP contribution >= 0.6 is 11.6 Å². The lowest BCUT2D eigenvalue weighted by atomic mass is 9.98. The minimum Gasteiger partial charge on any atom is -0.271 e. The molecule has 0 bridgehead atoms. The van der Waals surface area contributed by atoms with Crippen LogP contribution < -0.4 is 11.3 Å². The van der Waals surface area contributed by atoms with Crippen LogP contribution in [0.5, 0.6) is 0 Å². The molecule has 2 aromatic carbocycles. The zero-order chi connectivity index (χ0) is 13.8. The Balaban J connectivity index is 2.25. The van der Waals surface area contributed by atoms with Gasteiger partial charge in [-0.2, -0.15) is 0 Å². The fraction of sp³-hybridized carbons (Fsp3) is 0.200. The molecular formula is C15H16ClFN2. The van der Waals surface area contributed by atoms with E-state index >= 15 is 0 Å². The summed E-state index contributed by atoms with van der Waals surface area (Å²) in [5.74, 6) is 5.25. The van der Waals surface area contributed by atoms with E-state index < -0.39 is 0 Å². The molecule has 1 atom stereocenters. The molecule has 0 amide bonds. The Hall–Kier alpha value is -1.42. The van der Waals surface area contributed by atoms with E-state index in [1.807, 2.05) is 25.1 Å². The molecule has 100 valence electrons. The van der Waals surface area contributed by atoms with Gasteiger partial charge in [0.1, 0.15) is 5.82 Å². The maximum atomic E-state index is 13.1. The molecule has 2 aromatic rings. The Kier molecular flexibility index (Phi) is 4.53. The van der Waals surface area contributed by atoms with Crippen molar-refractivity contribution < 1.29 is 4.39 Å². The van der Waals surface area contributed by atoms with E-state index in [0.717, 1.165) is 11.1 Å². The van der Waals surface area contributed by atoms with E-state index in [1.165, 1.54) is 17.7 Å². The number of nitrogens with two attached hydrogens (primary N) is 1. The number of aryl methyl sites for hydroxylation is 1. The van der Waals surface area contributed by atoms with Crippen LogP contribution in [0, 0.1) is 12.7 Å². The predicted molar refractivity (Wildman–Crippen MR) is 76.4 cm³/mol. The Bertz CT molecular complexity index is 572. The first-order valence-electron chi connectivity index (χ1n) is 6.07. The van der Waals surface area contributed by atoms with Gasteiger partial charge in [-0.05, 0) is 36.6 Å². The maximum absolute atomic E-state index is 13.1. The van der Waals surface area contributed by atoms with Crippen molar-refractivity contribution in [3.63, 3.8) is 0 Å².